The maximum atomic E-state index is 10.9. The number of imidazole rings is 1. The quantitative estimate of drug-likeness (QED) is 0.393. The van der Waals surface area contributed by atoms with E-state index in [-0.39, 0.29) is 0 Å². The molecule has 1 atom stereocenters. The maximum absolute atomic E-state index is 10.9. The minimum Gasteiger partial charge on any atom is -0.466 e. The van der Waals surface area contributed by atoms with Crippen molar-refractivity contribution in [3.05, 3.63) is 77.3 Å². The van der Waals surface area contributed by atoms with Crippen LogP contribution in [0.1, 0.15) is 42.1 Å². The third kappa shape index (κ3) is 5.73. The number of aryl methyl sites for hydroxylation is 2. The molecule has 7 heteroatoms. The first kappa shape index (κ1) is 21.6. The molecule has 0 aliphatic carbocycles. The summed E-state index contributed by atoms with van der Waals surface area (Å²) in [4.78, 5) is 8.73. The van der Waals surface area contributed by atoms with Gasteiger partial charge >= 0.3 is 0 Å². The number of rotatable bonds is 8. The van der Waals surface area contributed by atoms with Crippen LogP contribution in [0.25, 0.3) is 0 Å². The van der Waals surface area contributed by atoms with Crippen LogP contribution in [0.15, 0.2) is 58.5 Å². The Labute approximate surface area is 177 Å². The highest BCUT2D eigenvalue weighted by atomic mass is 16.3. The molecule has 0 radical (unpaired) electrons. The monoisotopic (exact) mass is 409 g/mol. The third-order valence-electron chi connectivity index (χ3n) is 4.93. The van der Waals surface area contributed by atoms with E-state index in [0.717, 1.165) is 35.7 Å². The van der Waals surface area contributed by atoms with Crippen molar-refractivity contribution in [2.75, 3.05) is 13.1 Å². The molecule has 3 rings (SSSR count). The highest BCUT2D eigenvalue weighted by Crippen LogP contribution is 2.26. The van der Waals surface area contributed by atoms with Crippen LogP contribution in [-0.2, 0) is 18.7 Å². The van der Waals surface area contributed by atoms with Crippen LogP contribution in [0.2, 0.25) is 0 Å². The van der Waals surface area contributed by atoms with Gasteiger partial charge in [-0.25, -0.2) is 9.98 Å². The lowest BCUT2D eigenvalue weighted by molar-refractivity contribution is 0.0601. The van der Waals surface area contributed by atoms with Gasteiger partial charge in [-0.15, -0.1) is 0 Å². The van der Waals surface area contributed by atoms with Crippen molar-refractivity contribution in [2.24, 2.45) is 4.99 Å². The molecule has 160 valence electrons. The number of hydrogen-bond donors (Lipinski definition) is 3. The van der Waals surface area contributed by atoms with E-state index in [2.05, 4.69) is 44.9 Å². The van der Waals surface area contributed by atoms with E-state index < -0.39 is 5.60 Å². The molecule has 30 heavy (non-hydrogen) atoms. The Morgan fingerprint density at radius 3 is 2.53 bits per heavy atom. The van der Waals surface area contributed by atoms with Crippen LogP contribution in [0.4, 0.5) is 0 Å². The Balaban J connectivity index is 1.60. The van der Waals surface area contributed by atoms with Crippen LogP contribution < -0.4 is 10.6 Å². The lowest BCUT2D eigenvalue weighted by atomic mass is 9.96. The maximum Gasteiger partial charge on any atom is 0.191 e. The van der Waals surface area contributed by atoms with Gasteiger partial charge in [-0.2, -0.15) is 0 Å². The summed E-state index contributed by atoms with van der Waals surface area (Å²) in [6, 6.07) is 10.3. The number of nitrogens with zero attached hydrogens (tertiary/aromatic N) is 3. The Morgan fingerprint density at radius 2 is 1.93 bits per heavy atom. The second kappa shape index (κ2) is 9.63. The van der Waals surface area contributed by atoms with Gasteiger partial charge in [0.25, 0.3) is 0 Å². The molecule has 0 amide bonds. The fraction of sp³-hybridized carbons (Fsp3) is 0.391. The summed E-state index contributed by atoms with van der Waals surface area (Å²) in [7, 11) is 0. The summed E-state index contributed by atoms with van der Waals surface area (Å²) in [6.45, 7) is 9.95. The van der Waals surface area contributed by atoms with Crippen molar-refractivity contribution in [1.29, 1.82) is 0 Å². The van der Waals surface area contributed by atoms with Gasteiger partial charge < -0.3 is 24.7 Å². The first-order valence-corrected chi connectivity index (χ1v) is 10.2. The molecule has 0 aliphatic rings. The zero-order valence-corrected chi connectivity index (χ0v) is 18.1. The molecule has 7 nitrogen and oxygen atoms in total. The highest BCUT2D eigenvalue weighted by molar-refractivity contribution is 5.79. The van der Waals surface area contributed by atoms with E-state index in [0.29, 0.717) is 19.0 Å². The largest absolute Gasteiger partial charge is 0.466 e. The molecule has 0 saturated carbocycles. The van der Waals surface area contributed by atoms with Crippen LogP contribution in [0.5, 0.6) is 0 Å². The van der Waals surface area contributed by atoms with Gasteiger partial charge in [0.2, 0.25) is 0 Å². The summed E-state index contributed by atoms with van der Waals surface area (Å²) < 4.78 is 7.60. The van der Waals surface area contributed by atoms with E-state index in [1.807, 2.05) is 43.9 Å². The molecule has 0 saturated heterocycles. The molecule has 0 bridgehead atoms. The minimum atomic E-state index is -1.06. The van der Waals surface area contributed by atoms with E-state index >= 15 is 0 Å². The van der Waals surface area contributed by atoms with Crippen molar-refractivity contribution in [2.45, 2.75) is 46.4 Å². The average molecular weight is 410 g/mol. The predicted molar refractivity (Wildman–Crippen MR) is 118 cm³/mol. The van der Waals surface area contributed by atoms with E-state index in [1.54, 1.807) is 13.1 Å². The van der Waals surface area contributed by atoms with Gasteiger partial charge in [-0.05, 0) is 44.9 Å². The SMILES string of the molecule is CCNC(=NCc1ccc(Cn2ccnc2)cc1)NCC(C)(O)c1cc(C)oc1C. The Bertz CT molecular complexity index is 956. The van der Waals surface area contributed by atoms with Gasteiger partial charge in [-0.3, -0.25) is 0 Å². The minimum absolute atomic E-state index is 0.322. The number of aliphatic hydroxyl groups is 1. The molecule has 1 aromatic carbocycles. The predicted octanol–water partition coefficient (Wildman–Crippen LogP) is 3.10. The van der Waals surface area contributed by atoms with Crippen molar-refractivity contribution < 1.29 is 9.52 Å². The molecule has 2 heterocycles. The van der Waals surface area contributed by atoms with Crippen LogP contribution >= 0.6 is 0 Å². The Hall–Kier alpha value is -3.06. The van der Waals surface area contributed by atoms with Crippen LogP contribution in [0.3, 0.4) is 0 Å². The molecule has 2 aromatic heterocycles. The fourth-order valence-corrected chi connectivity index (χ4v) is 3.37. The first-order valence-electron chi connectivity index (χ1n) is 10.2. The summed E-state index contributed by atoms with van der Waals surface area (Å²) in [5.41, 5.74) is 2.06. The van der Waals surface area contributed by atoms with Crippen molar-refractivity contribution in [3.63, 3.8) is 0 Å². The lowest BCUT2D eigenvalue weighted by Gasteiger charge is -2.24. The number of guanidine groups is 1. The van der Waals surface area contributed by atoms with Gasteiger partial charge in [0.15, 0.2) is 5.96 Å². The number of benzene rings is 1. The molecule has 1 unspecified atom stereocenters. The van der Waals surface area contributed by atoms with Crippen LogP contribution in [0, 0.1) is 13.8 Å². The van der Waals surface area contributed by atoms with Crippen LogP contribution in [-0.4, -0.2) is 33.7 Å². The molecule has 3 aromatic rings. The highest BCUT2D eigenvalue weighted by Gasteiger charge is 2.27. The van der Waals surface area contributed by atoms with Gasteiger partial charge in [0, 0.05) is 31.0 Å². The topological polar surface area (TPSA) is 87.6 Å². The number of aliphatic imine (C=N–C) groups is 1. The number of nitrogens with one attached hydrogen (secondary N) is 2. The van der Waals surface area contributed by atoms with E-state index in [9.17, 15) is 5.11 Å². The summed E-state index contributed by atoms with van der Waals surface area (Å²) in [6.07, 6.45) is 5.55. The standard InChI is InChI=1S/C23H31N5O2/c1-5-25-22(27-15-23(4,29)21-12-17(2)30-18(21)3)26-13-19-6-8-20(9-7-19)14-28-11-10-24-16-28/h6-12,16,29H,5,13-15H2,1-4H3,(H2,25,26,27). The lowest BCUT2D eigenvalue weighted by Crippen LogP contribution is -2.44. The Morgan fingerprint density at radius 1 is 1.20 bits per heavy atom. The molecular weight excluding hydrogens is 378 g/mol. The zero-order valence-electron chi connectivity index (χ0n) is 18.1. The summed E-state index contributed by atoms with van der Waals surface area (Å²) in [5.74, 6) is 2.19. The van der Waals surface area contributed by atoms with Gasteiger partial charge in [0.05, 0.1) is 19.4 Å². The summed E-state index contributed by atoms with van der Waals surface area (Å²) >= 11 is 0. The van der Waals surface area contributed by atoms with E-state index in [4.69, 9.17) is 4.42 Å². The number of furan rings is 1. The van der Waals surface area contributed by atoms with Crippen molar-refractivity contribution in [1.82, 2.24) is 20.2 Å². The first-order chi connectivity index (χ1) is 14.4. The fourth-order valence-electron chi connectivity index (χ4n) is 3.37. The number of hydrogen-bond acceptors (Lipinski definition) is 4. The van der Waals surface area contributed by atoms with Gasteiger partial charge in [-0.1, -0.05) is 24.3 Å². The number of aromatic nitrogens is 2. The van der Waals surface area contributed by atoms with E-state index in [1.165, 1.54) is 5.56 Å². The summed E-state index contributed by atoms with van der Waals surface area (Å²) in [5, 5.41) is 17.4. The normalized spacial score (nSPS) is 13.8. The average Bonchev–Trinajstić information content (AvgIpc) is 3.34. The molecule has 0 aliphatic heterocycles. The molecular formula is C23H31N5O2. The smallest absolute Gasteiger partial charge is 0.191 e. The third-order valence-corrected chi connectivity index (χ3v) is 4.93. The molecule has 0 spiro atoms. The van der Waals surface area contributed by atoms with Gasteiger partial charge in [0.1, 0.15) is 17.1 Å². The molecule has 0 fully saturated rings. The zero-order chi connectivity index (χ0) is 21.6. The van der Waals surface area contributed by atoms with Crippen molar-refractivity contribution in [3.8, 4) is 0 Å². The second-order valence-corrected chi connectivity index (χ2v) is 7.70. The Kier molecular flexibility index (Phi) is 6.95. The van der Waals surface area contributed by atoms with Crippen molar-refractivity contribution >= 4 is 5.96 Å². The second-order valence-electron chi connectivity index (χ2n) is 7.70. The molecule has 3 N–H and O–H groups in total.